The molecule has 0 radical (unpaired) electrons. The number of halogens is 2. The minimum Gasteiger partial charge on any atom is -0.457 e. The third kappa shape index (κ3) is 3.80. The summed E-state index contributed by atoms with van der Waals surface area (Å²) < 4.78 is 8.76. The fourth-order valence-corrected chi connectivity index (χ4v) is 3.76. The van der Waals surface area contributed by atoms with Crippen LogP contribution in [0.3, 0.4) is 0 Å². The van der Waals surface area contributed by atoms with Crippen molar-refractivity contribution in [2.45, 2.75) is 6.92 Å². The van der Waals surface area contributed by atoms with E-state index in [2.05, 4.69) is 41.2 Å². The largest absolute Gasteiger partial charge is 0.457 e. The summed E-state index contributed by atoms with van der Waals surface area (Å²) >= 11 is 9.53. The molecule has 0 bridgehead atoms. The van der Waals surface area contributed by atoms with Crippen molar-refractivity contribution in [1.29, 1.82) is 0 Å². The Labute approximate surface area is 191 Å². The van der Waals surface area contributed by atoms with Gasteiger partial charge < -0.3 is 14.6 Å². The molecule has 0 fully saturated rings. The second-order valence-electron chi connectivity index (χ2n) is 7.06. The Balaban J connectivity index is 1.41. The van der Waals surface area contributed by atoms with Crippen molar-refractivity contribution in [1.82, 2.24) is 24.5 Å². The number of hydrogen-bond donors (Lipinski definition) is 1. The van der Waals surface area contributed by atoms with Crippen LogP contribution in [-0.4, -0.2) is 24.5 Å². The van der Waals surface area contributed by atoms with Crippen LogP contribution in [0.1, 0.15) is 5.56 Å². The van der Waals surface area contributed by atoms with Crippen LogP contribution in [0.15, 0.2) is 59.6 Å². The lowest BCUT2D eigenvalue weighted by Crippen LogP contribution is -1.99. The highest BCUT2D eigenvalue weighted by Gasteiger charge is 2.11. The monoisotopic (exact) mass is 494 g/mol. The number of nitrogens with one attached hydrogen (secondary N) is 1. The molecule has 0 unspecified atom stereocenters. The van der Waals surface area contributed by atoms with Crippen molar-refractivity contribution in [3.05, 3.63) is 70.3 Å². The first-order chi connectivity index (χ1) is 15.0. The van der Waals surface area contributed by atoms with Crippen molar-refractivity contribution in [2.75, 3.05) is 5.32 Å². The molecule has 0 aliphatic rings. The molecule has 5 aromatic rings. The van der Waals surface area contributed by atoms with Crippen LogP contribution in [0.4, 0.5) is 11.5 Å². The number of nitrogens with zero attached hydrogens (tertiary/aromatic N) is 5. The highest BCUT2D eigenvalue weighted by Crippen LogP contribution is 2.32. The van der Waals surface area contributed by atoms with Gasteiger partial charge in [-0.1, -0.05) is 11.6 Å². The summed E-state index contributed by atoms with van der Waals surface area (Å²) in [6.45, 7) is 1.99. The van der Waals surface area contributed by atoms with Gasteiger partial charge in [0.05, 0.1) is 27.4 Å². The first-order valence-electron chi connectivity index (χ1n) is 9.41. The highest BCUT2D eigenvalue weighted by molar-refractivity contribution is 9.10. The van der Waals surface area contributed by atoms with Gasteiger partial charge in [-0.25, -0.2) is 19.9 Å². The van der Waals surface area contributed by atoms with E-state index >= 15 is 0 Å². The zero-order valence-electron chi connectivity index (χ0n) is 16.6. The Morgan fingerprint density at radius 3 is 2.74 bits per heavy atom. The predicted molar refractivity (Wildman–Crippen MR) is 125 cm³/mol. The third-order valence-corrected chi connectivity index (χ3v) is 6.00. The number of ether oxygens (including phenoxy) is 1. The third-order valence-electron chi connectivity index (χ3n) is 4.88. The number of benzene rings is 2. The molecule has 7 nitrogen and oxygen atoms in total. The van der Waals surface area contributed by atoms with E-state index in [0.29, 0.717) is 26.5 Å². The summed E-state index contributed by atoms with van der Waals surface area (Å²) in [7, 11) is 1.97. The number of hydrogen-bond acceptors (Lipinski definition) is 6. The normalized spacial score (nSPS) is 11.2. The molecular weight excluding hydrogens is 480 g/mol. The Morgan fingerprint density at radius 2 is 1.90 bits per heavy atom. The van der Waals surface area contributed by atoms with Crippen molar-refractivity contribution in [3.8, 4) is 11.5 Å². The van der Waals surface area contributed by atoms with Gasteiger partial charge in [0, 0.05) is 18.8 Å². The summed E-state index contributed by atoms with van der Waals surface area (Å²) in [4.78, 5) is 17.4. The molecule has 9 heteroatoms. The number of fused-ring (bicyclic) bond motifs is 2. The average molecular weight is 496 g/mol. The minimum atomic E-state index is 0.357. The number of aryl methyl sites for hydroxylation is 2. The van der Waals surface area contributed by atoms with Gasteiger partial charge in [0.25, 0.3) is 0 Å². The smallest absolute Gasteiger partial charge is 0.160 e. The lowest BCUT2D eigenvalue weighted by atomic mass is 10.2. The average Bonchev–Trinajstić information content (AvgIpc) is 3.12. The number of anilines is 2. The Morgan fingerprint density at radius 1 is 1.03 bits per heavy atom. The molecule has 5 rings (SSSR count). The van der Waals surface area contributed by atoms with E-state index in [4.69, 9.17) is 16.3 Å². The second kappa shape index (κ2) is 7.79. The zero-order chi connectivity index (χ0) is 21.5. The van der Waals surface area contributed by atoms with Crippen molar-refractivity contribution in [2.24, 2.45) is 7.05 Å². The molecule has 1 N–H and O–H groups in total. The molecule has 0 aliphatic carbocycles. The van der Waals surface area contributed by atoms with Crippen LogP contribution in [0.25, 0.3) is 22.1 Å². The first-order valence-corrected chi connectivity index (χ1v) is 10.6. The second-order valence-corrected chi connectivity index (χ2v) is 8.28. The van der Waals surface area contributed by atoms with Gasteiger partial charge in [0.1, 0.15) is 28.5 Å². The lowest BCUT2D eigenvalue weighted by molar-refractivity contribution is 0.479. The van der Waals surface area contributed by atoms with E-state index in [0.717, 1.165) is 33.8 Å². The molecule has 154 valence electrons. The molecule has 2 aromatic carbocycles. The van der Waals surface area contributed by atoms with Crippen LogP contribution < -0.4 is 10.1 Å². The van der Waals surface area contributed by atoms with E-state index < -0.39 is 0 Å². The van der Waals surface area contributed by atoms with Crippen LogP contribution in [0.2, 0.25) is 5.15 Å². The van der Waals surface area contributed by atoms with Crippen LogP contribution in [0, 0.1) is 6.92 Å². The molecular formula is C22H16BrClN6O. The quantitative estimate of drug-likeness (QED) is 0.300. The topological polar surface area (TPSA) is 77.8 Å². The SMILES string of the molecule is Cc1cc(Nc2ncnc3cc(Br)c(Cl)nc23)ccc1Oc1ccc2c(c1)ncn2C. The number of imidazole rings is 1. The summed E-state index contributed by atoms with van der Waals surface area (Å²) in [5.41, 5.74) is 5.06. The van der Waals surface area contributed by atoms with Crippen molar-refractivity contribution in [3.63, 3.8) is 0 Å². The van der Waals surface area contributed by atoms with Gasteiger partial charge in [0.15, 0.2) is 5.82 Å². The van der Waals surface area contributed by atoms with E-state index in [1.54, 1.807) is 6.33 Å². The molecule has 31 heavy (non-hydrogen) atoms. The van der Waals surface area contributed by atoms with E-state index in [9.17, 15) is 0 Å². The summed E-state index contributed by atoms with van der Waals surface area (Å²) in [6, 6.07) is 13.5. The highest BCUT2D eigenvalue weighted by atomic mass is 79.9. The zero-order valence-corrected chi connectivity index (χ0v) is 18.9. The van der Waals surface area contributed by atoms with Gasteiger partial charge in [-0.2, -0.15) is 0 Å². The number of pyridine rings is 1. The maximum Gasteiger partial charge on any atom is 0.160 e. The van der Waals surface area contributed by atoms with Gasteiger partial charge in [-0.15, -0.1) is 0 Å². The lowest BCUT2D eigenvalue weighted by Gasteiger charge is -2.12. The Bertz CT molecular complexity index is 1450. The van der Waals surface area contributed by atoms with E-state index in [1.165, 1.54) is 6.33 Å². The first kappa shape index (κ1) is 19.7. The maximum atomic E-state index is 6.16. The van der Waals surface area contributed by atoms with E-state index in [-0.39, 0.29) is 0 Å². The fourth-order valence-electron chi connectivity index (χ4n) is 3.32. The van der Waals surface area contributed by atoms with Gasteiger partial charge in [-0.3, -0.25) is 0 Å². The maximum absolute atomic E-state index is 6.16. The molecule has 0 amide bonds. The molecule has 3 heterocycles. The molecule has 0 spiro atoms. The summed E-state index contributed by atoms with van der Waals surface area (Å²) in [5, 5.41) is 3.65. The number of rotatable bonds is 4. The van der Waals surface area contributed by atoms with Crippen molar-refractivity contribution < 1.29 is 4.74 Å². The molecule has 0 aliphatic heterocycles. The number of aromatic nitrogens is 5. The minimum absolute atomic E-state index is 0.357. The Kier molecular flexibility index (Phi) is 4.95. The molecule has 0 atom stereocenters. The van der Waals surface area contributed by atoms with E-state index in [1.807, 2.05) is 61.0 Å². The summed E-state index contributed by atoms with van der Waals surface area (Å²) in [6.07, 6.45) is 3.28. The predicted octanol–water partition coefficient (Wildman–Crippen LogP) is 6.17. The standard InChI is InChI=1S/C22H16BrClN6O/c1-12-7-13(28-22-20-17(25-10-26-22)9-15(23)21(24)29-20)3-6-19(12)31-14-4-5-18-16(8-14)27-11-30(18)2/h3-11H,1-2H3,(H,25,26,28). The van der Waals surface area contributed by atoms with Gasteiger partial charge >= 0.3 is 0 Å². The van der Waals surface area contributed by atoms with Crippen LogP contribution in [-0.2, 0) is 7.05 Å². The molecule has 0 saturated heterocycles. The molecule has 0 saturated carbocycles. The summed E-state index contributed by atoms with van der Waals surface area (Å²) in [5.74, 6) is 2.08. The molecule has 3 aromatic heterocycles. The van der Waals surface area contributed by atoms with Crippen molar-refractivity contribution >= 4 is 61.1 Å². The Hall–Kier alpha value is -3.23. The van der Waals surface area contributed by atoms with Gasteiger partial charge in [-0.05, 0) is 64.8 Å². The fraction of sp³-hybridized carbons (Fsp3) is 0.0909. The van der Waals surface area contributed by atoms with Crippen LogP contribution in [0.5, 0.6) is 11.5 Å². The van der Waals surface area contributed by atoms with Crippen LogP contribution >= 0.6 is 27.5 Å². The van der Waals surface area contributed by atoms with Gasteiger partial charge in [0.2, 0.25) is 0 Å².